The number of rotatable bonds is 4. The van der Waals surface area contributed by atoms with Crippen molar-refractivity contribution in [1.29, 1.82) is 0 Å². The van der Waals surface area contributed by atoms with E-state index in [0.717, 1.165) is 11.1 Å². The summed E-state index contributed by atoms with van der Waals surface area (Å²) in [6.07, 6.45) is 1.28. The molecule has 1 aromatic heterocycles. The van der Waals surface area contributed by atoms with Crippen LogP contribution in [0.15, 0.2) is 53.1 Å². The maximum Gasteiger partial charge on any atom is 0.324 e. The van der Waals surface area contributed by atoms with E-state index in [4.69, 9.17) is 4.52 Å². The van der Waals surface area contributed by atoms with Crippen molar-refractivity contribution >= 4 is 17.6 Å². The van der Waals surface area contributed by atoms with Crippen molar-refractivity contribution in [3.8, 4) is 11.4 Å². The Hall–Kier alpha value is -3.22. The maximum absolute atomic E-state index is 13.7. The van der Waals surface area contributed by atoms with E-state index in [1.807, 2.05) is 36.1 Å². The number of nitrogens with one attached hydrogen (secondary N) is 1. The van der Waals surface area contributed by atoms with Gasteiger partial charge in [-0.1, -0.05) is 41.6 Å². The molecule has 4 rings (SSSR count). The first-order chi connectivity index (χ1) is 13.6. The van der Waals surface area contributed by atoms with Crippen molar-refractivity contribution in [3.63, 3.8) is 0 Å². The lowest BCUT2D eigenvalue weighted by molar-refractivity contribution is -0.120. The highest BCUT2D eigenvalue weighted by Gasteiger charge is 2.28. The number of hydrogen-bond donors (Lipinski definition) is 1. The highest BCUT2D eigenvalue weighted by atomic mass is 19.1. The number of aryl methyl sites for hydroxylation is 1. The number of anilines is 2. The van der Waals surface area contributed by atoms with Gasteiger partial charge < -0.3 is 14.7 Å². The number of amides is 1. The fourth-order valence-electron chi connectivity index (χ4n) is 3.41. The molecule has 0 saturated carbocycles. The Morgan fingerprint density at radius 3 is 2.61 bits per heavy atom. The van der Waals surface area contributed by atoms with Gasteiger partial charge in [-0.25, -0.2) is 4.39 Å². The molecule has 28 heavy (non-hydrogen) atoms. The molecule has 0 atom stereocenters. The van der Waals surface area contributed by atoms with E-state index in [-0.39, 0.29) is 17.5 Å². The summed E-state index contributed by atoms with van der Waals surface area (Å²) in [5.41, 5.74) is 2.24. The first-order valence-corrected chi connectivity index (χ1v) is 9.32. The molecular formula is C21H21FN4O2. The molecule has 2 heterocycles. The number of carbonyl (C=O) groups excluding carboxylic acids is 1. The first kappa shape index (κ1) is 18.2. The number of nitrogens with zero attached hydrogens (tertiary/aromatic N) is 3. The van der Waals surface area contributed by atoms with Crippen LogP contribution in [0, 0.1) is 18.7 Å². The minimum atomic E-state index is -0.428. The summed E-state index contributed by atoms with van der Waals surface area (Å²) in [6.45, 7) is 3.26. The van der Waals surface area contributed by atoms with Gasteiger partial charge in [0.05, 0.1) is 5.69 Å². The SMILES string of the molecule is Cc1ccccc1-c1noc(N2CCC(C(=O)Nc3ccccc3F)CC2)n1. The second-order valence-corrected chi connectivity index (χ2v) is 6.95. The largest absolute Gasteiger partial charge is 0.324 e. The zero-order chi connectivity index (χ0) is 19.5. The topological polar surface area (TPSA) is 71.3 Å². The monoisotopic (exact) mass is 380 g/mol. The molecule has 0 bridgehead atoms. The van der Waals surface area contributed by atoms with Crippen molar-refractivity contribution in [2.45, 2.75) is 19.8 Å². The van der Waals surface area contributed by atoms with Crippen molar-refractivity contribution in [2.24, 2.45) is 5.92 Å². The quantitative estimate of drug-likeness (QED) is 0.740. The smallest absolute Gasteiger partial charge is 0.324 e. The van der Waals surface area contributed by atoms with Crippen molar-refractivity contribution in [2.75, 3.05) is 23.3 Å². The number of hydrogen-bond acceptors (Lipinski definition) is 5. The Morgan fingerprint density at radius 1 is 1.14 bits per heavy atom. The molecule has 2 aromatic carbocycles. The summed E-state index contributed by atoms with van der Waals surface area (Å²) in [6, 6.07) is 14.5. The van der Waals surface area contributed by atoms with Gasteiger partial charge >= 0.3 is 6.01 Å². The molecule has 1 aliphatic heterocycles. The molecule has 144 valence electrons. The molecule has 0 unspecified atom stereocenters. The van der Waals surface area contributed by atoms with Gasteiger partial charge in [0.2, 0.25) is 11.7 Å². The van der Waals surface area contributed by atoms with Crippen LogP contribution in [-0.4, -0.2) is 29.1 Å². The third-order valence-electron chi connectivity index (χ3n) is 5.07. The van der Waals surface area contributed by atoms with E-state index in [2.05, 4.69) is 15.5 Å². The first-order valence-electron chi connectivity index (χ1n) is 9.32. The Bertz CT molecular complexity index is 980. The highest BCUT2D eigenvalue weighted by molar-refractivity contribution is 5.92. The van der Waals surface area contributed by atoms with E-state index < -0.39 is 5.82 Å². The average Bonchev–Trinajstić information content (AvgIpc) is 3.20. The molecule has 7 heteroatoms. The molecule has 1 fully saturated rings. The summed E-state index contributed by atoms with van der Waals surface area (Å²) in [4.78, 5) is 18.9. The van der Waals surface area contributed by atoms with Gasteiger partial charge in [-0.2, -0.15) is 4.98 Å². The molecule has 1 aliphatic rings. The Labute approximate surface area is 162 Å². The van der Waals surface area contributed by atoms with Crippen LogP contribution < -0.4 is 10.2 Å². The van der Waals surface area contributed by atoms with Gasteiger partial charge in [-0.15, -0.1) is 0 Å². The Kier molecular flexibility index (Phi) is 5.06. The number of aromatic nitrogens is 2. The lowest BCUT2D eigenvalue weighted by Crippen LogP contribution is -2.38. The van der Waals surface area contributed by atoms with Gasteiger partial charge in [0.15, 0.2) is 0 Å². The molecule has 0 spiro atoms. The molecule has 1 N–H and O–H groups in total. The van der Waals surface area contributed by atoms with Gasteiger partial charge in [-0.05, 0) is 37.5 Å². The lowest BCUT2D eigenvalue weighted by Gasteiger charge is -2.29. The van der Waals surface area contributed by atoms with E-state index in [1.54, 1.807) is 18.2 Å². The lowest BCUT2D eigenvalue weighted by atomic mass is 9.96. The third-order valence-corrected chi connectivity index (χ3v) is 5.07. The molecule has 1 amide bonds. The number of halogens is 1. The van der Waals surface area contributed by atoms with E-state index in [1.165, 1.54) is 6.07 Å². The second-order valence-electron chi connectivity index (χ2n) is 6.95. The van der Waals surface area contributed by atoms with Crippen LogP contribution in [0.1, 0.15) is 18.4 Å². The van der Waals surface area contributed by atoms with Crippen molar-refractivity contribution in [3.05, 3.63) is 59.9 Å². The van der Waals surface area contributed by atoms with Crippen LogP contribution in [0.25, 0.3) is 11.4 Å². The average molecular weight is 380 g/mol. The number of benzene rings is 2. The predicted molar refractivity (Wildman–Crippen MR) is 104 cm³/mol. The van der Waals surface area contributed by atoms with Crippen LogP contribution in [0.3, 0.4) is 0 Å². The maximum atomic E-state index is 13.7. The van der Waals surface area contributed by atoms with E-state index in [9.17, 15) is 9.18 Å². The zero-order valence-corrected chi connectivity index (χ0v) is 15.6. The molecule has 1 saturated heterocycles. The Balaban J connectivity index is 1.37. The van der Waals surface area contributed by atoms with E-state index >= 15 is 0 Å². The number of piperidine rings is 1. The van der Waals surface area contributed by atoms with Crippen LogP contribution in [-0.2, 0) is 4.79 Å². The summed E-state index contributed by atoms with van der Waals surface area (Å²) < 4.78 is 19.2. The summed E-state index contributed by atoms with van der Waals surface area (Å²) in [5.74, 6) is -0.194. The Morgan fingerprint density at radius 2 is 1.86 bits per heavy atom. The van der Waals surface area contributed by atoms with Crippen LogP contribution in [0.2, 0.25) is 0 Å². The minimum Gasteiger partial charge on any atom is -0.324 e. The summed E-state index contributed by atoms with van der Waals surface area (Å²) in [5, 5.41) is 6.78. The molecule has 6 nitrogen and oxygen atoms in total. The molecule has 0 radical (unpaired) electrons. The van der Waals surface area contributed by atoms with Crippen molar-refractivity contribution < 1.29 is 13.7 Å². The van der Waals surface area contributed by atoms with Gasteiger partial charge in [0, 0.05) is 24.6 Å². The van der Waals surface area contributed by atoms with E-state index in [0.29, 0.717) is 37.8 Å². The third kappa shape index (κ3) is 3.74. The molecule has 0 aliphatic carbocycles. The highest BCUT2D eigenvalue weighted by Crippen LogP contribution is 2.27. The number of para-hydroxylation sites is 1. The van der Waals surface area contributed by atoms with Crippen LogP contribution in [0.5, 0.6) is 0 Å². The minimum absolute atomic E-state index is 0.157. The molecule has 3 aromatic rings. The fourth-order valence-corrected chi connectivity index (χ4v) is 3.41. The number of carbonyl (C=O) groups is 1. The standard InChI is InChI=1S/C21H21FN4O2/c1-14-6-2-3-7-16(14)19-24-21(28-25-19)26-12-10-15(11-13-26)20(27)23-18-9-5-4-8-17(18)22/h2-9,15H,10-13H2,1H3,(H,23,27). The molecular weight excluding hydrogens is 359 g/mol. The summed E-state index contributed by atoms with van der Waals surface area (Å²) >= 11 is 0. The summed E-state index contributed by atoms with van der Waals surface area (Å²) in [7, 11) is 0. The van der Waals surface area contributed by atoms with Crippen molar-refractivity contribution in [1.82, 2.24) is 10.1 Å². The normalized spacial score (nSPS) is 14.9. The fraction of sp³-hybridized carbons (Fsp3) is 0.286. The van der Waals surface area contributed by atoms with Crippen LogP contribution >= 0.6 is 0 Å². The zero-order valence-electron chi connectivity index (χ0n) is 15.6. The van der Waals surface area contributed by atoms with Gasteiger partial charge in [-0.3, -0.25) is 4.79 Å². The van der Waals surface area contributed by atoms with Gasteiger partial charge in [0.25, 0.3) is 0 Å². The van der Waals surface area contributed by atoms with Crippen LogP contribution in [0.4, 0.5) is 16.1 Å². The van der Waals surface area contributed by atoms with Gasteiger partial charge in [0.1, 0.15) is 5.82 Å². The second kappa shape index (κ2) is 7.80. The predicted octanol–water partition coefficient (Wildman–Crippen LogP) is 4.04.